The molecule has 5 heteroatoms. The number of nitrogens with zero attached hydrogens (tertiary/aromatic N) is 1. The SMILES string of the molecule is Cl.NC1CCCN(CC(=O)c2cccs2)C1. The molecule has 1 unspecified atom stereocenters. The van der Waals surface area contributed by atoms with Crippen molar-refractivity contribution in [2.45, 2.75) is 18.9 Å². The maximum absolute atomic E-state index is 11.8. The Balaban J connectivity index is 0.00000128. The lowest BCUT2D eigenvalue weighted by molar-refractivity contribution is 0.0912. The smallest absolute Gasteiger partial charge is 0.186 e. The number of hydrogen-bond acceptors (Lipinski definition) is 4. The largest absolute Gasteiger partial charge is 0.327 e. The number of ketones is 1. The second-order valence-electron chi connectivity index (χ2n) is 4.04. The van der Waals surface area contributed by atoms with Crippen LogP contribution in [0.15, 0.2) is 17.5 Å². The van der Waals surface area contributed by atoms with E-state index in [0.29, 0.717) is 6.54 Å². The highest BCUT2D eigenvalue weighted by atomic mass is 35.5. The van der Waals surface area contributed by atoms with E-state index >= 15 is 0 Å². The number of likely N-dealkylation sites (tertiary alicyclic amines) is 1. The Hall–Kier alpha value is -0.420. The Morgan fingerprint density at radius 2 is 2.44 bits per heavy atom. The van der Waals surface area contributed by atoms with Crippen LogP contribution in [0.2, 0.25) is 0 Å². The average molecular weight is 261 g/mol. The lowest BCUT2D eigenvalue weighted by Gasteiger charge is -2.29. The Morgan fingerprint density at radius 3 is 3.06 bits per heavy atom. The van der Waals surface area contributed by atoms with Crippen LogP contribution in [-0.4, -0.2) is 36.4 Å². The molecule has 2 N–H and O–H groups in total. The van der Waals surface area contributed by atoms with Crippen molar-refractivity contribution in [3.05, 3.63) is 22.4 Å². The van der Waals surface area contributed by atoms with Gasteiger partial charge in [0.2, 0.25) is 0 Å². The van der Waals surface area contributed by atoms with E-state index in [1.165, 1.54) is 11.3 Å². The molecule has 2 heterocycles. The first kappa shape index (κ1) is 13.6. The Bertz CT molecular complexity index is 329. The van der Waals surface area contributed by atoms with E-state index in [0.717, 1.165) is 30.8 Å². The van der Waals surface area contributed by atoms with Crippen LogP contribution >= 0.6 is 23.7 Å². The number of thiophene rings is 1. The van der Waals surface area contributed by atoms with Crippen LogP contribution in [0.3, 0.4) is 0 Å². The van der Waals surface area contributed by atoms with E-state index in [2.05, 4.69) is 4.90 Å². The maximum atomic E-state index is 11.8. The van der Waals surface area contributed by atoms with Gasteiger partial charge in [0, 0.05) is 12.6 Å². The van der Waals surface area contributed by atoms with Crippen molar-refractivity contribution in [1.29, 1.82) is 0 Å². The number of rotatable bonds is 3. The molecule has 1 aliphatic rings. The van der Waals surface area contributed by atoms with Crippen molar-refractivity contribution in [2.24, 2.45) is 5.73 Å². The molecule has 1 aromatic heterocycles. The summed E-state index contributed by atoms with van der Waals surface area (Å²) in [7, 11) is 0. The molecule has 3 nitrogen and oxygen atoms in total. The Labute approximate surface area is 106 Å². The van der Waals surface area contributed by atoms with Crippen molar-refractivity contribution in [2.75, 3.05) is 19.6 Å². The minimum Gasteiger partial charge on any atom is -0.327 e. The van der Waals surface area contributed by atoms with Crippen LogP contribution < -0.4 is 5.73 Å². The van der Waals surface area contributed by atoms with E-state index in [4.69, 9.17) is 5.73 Å². The second kappa shape index (κ2) is 6.35. The predicted octanol–water partition coefficient (Wildman–Crippen LogP) is 1.78. The van der Waals surface area contributed by atoms with Crippen LogP contribution in [0.5, 0.6) is 0 Å². The van der Waals surface area contributed by atoms with Gasteiger partial charge >= 0.3 is 0 Å². The number of hydrogen-bond donors (Lipinski definition) is 1. The van der Waals surface area contributed by atoms with Crippen LogP contribution in [-0.2, 0) is 0 Å². The zero-order valence-corrected chi connectivity index (χ0v) is 10.7. The summed E-state index contributed by atoms with van der Waals surface area (Å²) in [5.74, 6) is 0.221. The molecular weight excluding hydrogens is 244 g/mol. The van der Waals surface area contributed by atoms with Gasteiger partial charge in [-0.1, -0.05) is 6.07 Å². The fraction of sp³-hybridized carbons (Fsp3) is 0.545. The van der Waals surface area contributed by atoms with E-state index in [-0.39, 0.29) is 24.2 Å². The molecule has 0 bridgehead atoms. The fourth-order valence-corrected chi connectivity index (χ4v) is 2.61. The summed E-state index contributed by atoms with van der Waals surface area (Å²) in [5, 5.41) is 1.94. The standard InChI is InChI=1S/C11H16N2OS.ClH/c12-9-3-1-5-13(7-9)8-10(14)11-4-2-6-15-11;/h2,4,6,9H,1,3,5,7-8,12H2;1H. The zero-order chi connectivity index (χ0) is 10.7. The molecule has 0 aromatic carbocycles. The number of Topliss-reactive ketones (excluding diaryl/α,β-unsaturated/α-hetero) is 1. The molecule has 1 fully saturated rings. The number of carbonyl (C=O) groups is 1. The Morgan fingerprint density at radius 1 is 1.62 bits per heavy atom. The number of carbonyl (C=O) groups excluding carboxylic acids is 1. The minimum atomic E-state index is 0. The highest BCUT2D eigenvalue weighted by Crippen LogP contribution is 2.13. The van der Waals surface area contributed by atoms with Crippen molar-refractivity contribution < 1.29 is 4.79 Å². The minimum absolute atomic E-state index is 0. The van der Waals surface area contributed by atoms with E-state index in [9.17, 15) is 4.79 Å². The summed E-state index contributed by atoms with van der Waals surface area (Å²) in [4.78, 5) is 14.8. The molecule has 1 aromatic rings. The molecule has 0 spiro atoms. The summed E-state index contributed by atoms with van der Waals surface area (Å²) in [6.07, 6.45) is 2.20. The number of halogens is 1. The summed E-state index contributed by atoms with van der Waals surface area (Å²) < 4.78 is 0. The lowest BCUT2D eigenvalue weighted by Crippen LogP contribution is -2.44. The van der Waals surface area contributed by atoms with Gasteiger partial charge in [0.1, 0.15) is 0 Å². The van der Waals surface area contributed by atoms with Crippen molar-refractivity contribution >= 4 is 29.5 Å². The van der Waals surface area contributed by atoms with Gasteiger partial charge in [0.05, 0.1) is 11.4 Å². The van der Waals surface area contributed by atoms with Gasteiger partial charge < -0.3 is 5.73 Å². The number of piperidine rings is 1. The average Bonchev–Trinajstić information content (AvgIpc) is 2.70. The Kier molecular flexibility index (Phi) is 5.41. The molecule has 0 aliphatic carbocycles. The molecule has 0 saturated carbocycles. The van der Waals surface area contributed by atoms with Gasteiger partial charge in [0.25, 0.3) is 0 Å². The summed E-state index contributed by atoms with van der Waals surface area (Å²) in [6, 6.07) is 4.05. The van der Waals surface area contributed by atoms with Crippen molar-refractivity contribution in [3.8, 4) is 0 Å². The fourth-order valence-electron chi connectivity index (χ4n) is 1.95. The van der Waals surface area contributed by atoms with Gasteiger partial charge in [-0.25, -0.2) is 0 Å². The predicted molar refractivity (Wildman–Crippen MR) is 69.5 cm³/mol. The second-order valence-corrected chi connectivity index (χ2v) is 4.99. The van der Waals surface area contributed by atoms with Crippen LogP contribution in [0, 0.1) is 0 Å². The highest BCUT2D eigenvalue weighted by Gasteiger charge is 2.19. The monoisotopic (exact) mass is 260 g/mol. The summed E-state index contributed by atoms with van der Waals surface area (Å²) >= 11 is 1.51. The lowest BCUT2D eigenvalue weighted by atomic mass is 10.1. The molecule has 0 amide bonds. The summed E-state index contributed by atoms with van der Waals surface area (Å²) in [6.45, 7) is 2.39. The highest BCUT2D eigenvalue weighted by molar-refractivity contribution is 7.12. The topological polar surface area (TPSA) is 46.3 Å². The van der Waals surface area contributed by atoms with Gasteiger partial charge in [-0.2, -0.15) is 0 Å². The third kappa shape index (κ3) is 3.56. The first-order chi connectivity index (χ1) is 7.25. The van der Waals surface area contributed by atoms with Gasteiger partial charge in [0.15, 0.2) is 5.78 Å². The third-order valence-electron chi connectivity index (χ3n) is 2.71. The summed E-state index contributed by atoms with van der Waals surface area (Å²) in [5.41, 5.74) is 5.87. The van der Waals surface area contributed by atoms with Gasteiger partial charge in [-0.3, -0.25) is 9.69 Å². The molecule has 1 saturated heterocycles. The third-order valence-corrected chi connectivity index (χ3v) is 3.62. The van der Waals surface area contributed by atoms with Crippen molar-refractivity contribution in [3.63, 3.8) is 0 Å². The van der Waals surface area contributed by atoms with Crippen LogP contribution in [0.1, 0.15) is 22.5 Å². The van der Waals surface area contributed by atoms with Crippen molar-refractivity contribution in [1.82, 2.24) is 4.90 Å². The van der Waals surface area contributed by atoms with E-state index in [1.54, 1.807) is 0 Å². The van der Waals surface area contributed by atoms with Gasteiger partial charge in [-0.05, 0) is 30.8 Å². The zero-order valence-electron chi connectivity index (χ0n) is 9.09. The van der Waals surface area contributed by atoms with Crippen LogP contribution in [0.25, 0.3) is 0 Å². The maximum Gasteiger partial charge on any atom is 0.186 e. The molecule has 2 rings (SSSR count). The molecule has 16 heavy (non-hydrogen) atoms. The number of nitrogens with two attached hydrogens (primary N) is 1. The first-order valence-corrected chi connectivity index (χ1v) is 6.18. The van der Waals surface area contributed by atoms with Gasteiger partial charge in [-0.15, -0.1) is 23.7 Å². The quantitative estimate of drug-likeness (QED) is 0.843. The van der Waals surface area contributed by atoms with E-state index < -0.39 is 0 Å². The molecular formula is C11H17ClN2OS. The first-order valence-electron chi connectivity index (χ1n) is 5.30. The molecule has 0 radical (unpaired) electrons. The molecule has 1 aliphatic heterocycles. The normalized spacial score (nSPS) is 21.4. The van der Waals surface area contributed by atoms with E-state index in [1.807, 2.05) is 17.5 Å². The molecule has 1 atom stereocenters. The molecule has 90 valence electrons. The van der Waals surface area contributed by atoms with Crippen LogP contribution in [0.4, 0.5) is 0 Å².